The van der Waals surface area contributed by atoms with Crippen molar-refractivity contribution in [3.8, 4) is 0 Å². The number of pyridine rings is 1. The molecule has 0 radical (unpaired) electrons. The number of ether oxygens (including phenoxy) is 1. The van der Waals surface area contributed by atoms with E-state index in [1.165, 1.54) is 0 Å². The summed E-state index contributed by atoms with van der Waals surface area (Å²) in [5, 5.41) is 6.51. The molecule has 0 aromatic carbocycles. The van der Waals surface area contributed by atoms with Crippen molar-refractivity contribution in [3.05, 3.63) is 47.5 Å². The molecule has 8 nitrogen and oxygen atoms in total. The lowest BCUT2D eigenvalue weighted by atomic mass is 10.0. The minimum atomic E-state index is -0.551. The van der Waals surface area contributed by atoms with E-state index < -0.39 is 5.91 Å². The van der Waals surface area contributed by atoms with E-state index in [-0.39, 0.29) is 17.5 Å². The van der Waals surface area contributed by atoms with Crippen LogP contribution >= 0.6 is 0 Å². The highest BCUT2D eigenvalue weighted by Crippen LogP contribution is 2.15. The number of aromatic nitrogens is 3. The molecule has 1 atom stereocenters. The van der Waals surface area contributed by atoms with Crippen LogP contribution in [0.3, 0.4) is 0 Å². The van der Waals surface area contributed by atoms with Crippen LogP contribution in [0.4, 0.5) is 0 Å². The molecule has 24 heavy (non-hydrogen) atoms. The molecular formula is C16H19N5O3. The molecule has 2 aromatic rings. The van der Waals surface area contributed by atoms with Gasteiger partial charge in [0.1, 0.15) is 11.4 Å². The van der Waals surface area contributed by atoms with Crippen LogP contribution in [0.15, 0.2) is 30.5 Å². The fourth-order valence-corrected chi connectivity index (χ4v) is 2.76. The number of rotatable bonds is 4. The molecule has 0 spiro atoms. The third-order valence-corrected chi connectivity index (χ3v) is 3.91. The van der Waals surface area contributed by atoms with Crippen LogP contribution in [0.1, 0.15) is 26.7 Å². The summed E-state index contributed by atoms with van der Waals surface area (Å²) in [5.41, 5.74) is 6.73. The number of amides is 2. The van der Waals surface area contributed by atoms with Crippen LogP contribution in [0.2, 0.25) is 0 Å². The summed E-state index contributed by atoms with van der Waals surface area (Å²) in [6.07, 6.45) is 2.16. The summed E-state index contributed by atoms with van der Waals surface area (Å²) in [6.45, 7) is 2.11. The van der Waals surface area contributed by atoms with E-state index in [0.717, 1.165) is 5.69 Å². The summed E-state index contributed by atoms with van der Waals surface area (Å²) in [7, 11) is 0. The van der Waals surface area contributed by atoms with Crippen LogP contribution in [-0.2, 0) is 11.2 Å². The van der Waals surface area contributed by atoms with Crippen molar-refractivity contribution >= 4 is 11.8 Å². The molecule has 0 saturated carbocycles. The fraction of sp³-hybridized carbons (Fsp3) is 0.375. The molecule has 2 aromatic heterocycles. The first-order chi connectivity index (χ1) is 11.6. The van der Waals surface area contributed by atoms with Gasteiger partial charge in [-0.05, 0) is 24.6 Å². The van der Waals surface area contributed by atoms with Gasteiger partial charge in [0.25, 0.3) is 11.8 Å². The monoisotopic (exact) mass is 329 g/mol. The molecule has 3 heterocycles. The highest BCUT2D eigenvalue weighted by atomic mass is 16.5. The van der Waals surface area contributed by atoms with Gasteiger partial charge in [-0.1, -0.05) is 6.07 Å². The van der Waals surface area contributed by atoms with E-state index in [4.69, 9.17) is 10.5 Å². The van der Waals surface area contributed by atoms with Gasteiger partial charge in [-0.15, -0.1) is 0 Å². The number of nitrogens with two attached hydrogens (primary N) is 1. The Morgan fingerprint density at radius 3 is 3.00 bits per heavy atom. The van der Waals surface area contributed by atoms with Crippen molar-refractivity contribution in [1.29, 1.82) is 0 Å². The van der Waals surface area contributed by atoms with Gasteiger partial charge in [-0.25, -0.2) is 4.98 Å². The summed E-state index contributed by atoms with van der Waals surface area (Å²) in [6, 6.07) is 6.84. The number of carbonyl (C=O) groups is 2. The van der Waals surface area contributed by atoms with E-state index in [1.54, 1.807) is 29.3 Å². The summed E-state index contributed by atoms with van der Waals surface area (Å²) >= 11 is 0. The standard InChI is InChI=1S/C16H19N5O3/c17-15(22)13-3-1-2-12(19-13)8-11-9-21(6-7-24-10-11)16(23)14-4-5-18-20-14/h1-5,11H,6-10H2,(H2,17,22)(H,18,20)/t11-/m1/s1. The number of H-pyrrole nitrogens is 1. The molecule has 2 amide bonds. The highest BCUT2D eigenvalue weighted by Gasteiger charge is 2.24. The molecule has 0 aliphatic carbocycles. The van der Waals surface area contributed by atoms with Crippen LogP contribution < -0.4 is 5.73 Å². The Hall–Kier alpha value is -2.74. The van der Waals surface area contributed by atoms with E-state index in [0.29, 0.717) is 38.4 Å². The number of carbonyl (C=O) groups excluding carboxylic acids is 2. The molecule has 3 N–H and O–H groups in total. The number of aromatic amines is 1. The maximum Gasteiger partial charge on any atom is 0.271 e. The zero-order chi connectivity index (χ0) is 16.9. The Balaban J connectivity index is 1.70. The van der Waals surface area contributed by atoms with Gasteiger partial charge in [0.05, 0.1) is 13.2 Å². The average Bonchev–Trinajstić information content (AvgIpc) is 3.02. The van der Waals surface area contributed by atoms with Gasteiger partial charge in [0.2, 0.25) is 0 Å². The zero-order valence-electron chi connectivity index (χ0n) is 13.1. The van der Waals surface area contributed by atoms with Gasteiger partial charge in [-0.3, -0.25) is 14.7 Å². The van der Waals surface area contributed by atoms with E-state index in [9.17, 15) is 9.59 Å². The van der Waals surface area contributed by atoms with Crippen LogP contribution in [0.5, 0.6) is 0 Å². The first-order valence-electron chi connectivity index (χ1n) is 7.75. The summed E-state index contributed by atoms with van der Waals surface area (Å²) in [4.78, 5) is 29.7. The molecule has 8 heteroatoms. The molecule has 1 aliphatic heterocycles. The Morgan fingerprint density at radius 1 is 1.38 bits per heavy atom. The SMILES string of the molecule is NC(=O)c1cccc(C[C@H]2COCCN(C(=O)c3ccn[nH]3)C2)n1. The van der Waals surface area contributed by atoms with Crippen molar-refractivity contribution < 1.29 is 14.3 Å². The molecule has 3 rings (SSSR count). The average molecular weight is 329 g/mol. The summed E-state index contributed by atoms with van der Waals surface area (Å²) < 4.78 is 5.62. The van der Waals surface area contributed by atoms with Crippen molar-refractivity contribution in [1.82, 2.24) is 20.1 Å². The molecule has 1 aliphatic rings. The van der Waals surface area contributed by atoms with E-state index >= 15 is 0 Å². The Bertz CT molecular complexity index is 716. The highest BCUT2D eigenvalue weighted by molar-refractivity contribution is 5.92. The maximum atomic E-state index is 12.5. The zero-order valence-corrected chi connectivity index (χ0v) is 13.1. The van der Waals surface area contributed by atoms with Gasteiger partial charge >= 0.3 is 0 Å². The second-order valence-electron chi connectivity index (χ2n) is 5.74. The number of hydrogen-bond acceptors (Lipinski definition) is 5. The van der Waals surface area contributed by atoms with Crippen LogP contribution in [0, 0.1) is 5.92 Å². The van der Waals surface area contributed by atoms with E-state index in [1.807, 2.05) is 6.07 Å². The summed E-state index contributed by atoms with van der Waals surface area (Å²) in [5.74, 6) is -0.554. The lowest BCUT2D eigenvalue weighted by molar-refractivity contribution is 0.0731. The molecular weight excluding hydrogens is 310 g/mol. The van der Waals surface area contributed by atoms with E-state index in [2.05, 4.69) is 15.2 Å². The fourth-order valence-electron chi connectivity index (χ4n) is 2.76. The lowest BCUT2D eigenvalue weighted by Gasteiger charge is -2.23. The van der Waals surface area contributed by atoms with Gasteiger partial charge < -0.3 is 15.4 Å². The first-order valence-corrected chi connectivity index (χ1v) is 7.75. The normalized spacial score (nSPS) is 18.2. The number of primary amides is 1. The minimum Gasteiger partial charge on any atom is -0.379 e. The topological polar surface area (TPSA) is 114 Å². The second kappa shape index (κ2) is 7.22. The quantitative estimate of drug-likeness (QED) is 0.833. The van der Waals surface area contributed by atoms with Crippen LogP contribution in [-0.4, -0.2) is 58.2 Å². The first kappa shape index (κ1) is 16.1. The number of nitrogens with zero attached hydrogens (tertiary/aromatic N) is 3. The molecule has 0 unspecified atom stereocenters. The van der Waals surface area contributed by atoms with Crippen molar-refractivity contribution in [2.75, 3.05) is 26.3 Å². The van der Waals surface area contributed by atoms with Gasteiger partial charge in [-0.2, -0.15) is 5.10 Å². The minimum absolute atomic E-state index is 0.0926. The van der Waals surface area contributed by atoms with Gasteiger partial charge in [0, 0.05) is 30.9 Å². The second-order valence-corrected chi connectivity index (χ2v) is 5.74. The number of nitrogens with one attached hydrogen (secondary N) is 1. The maximum absolute atomic E-state index is 12.5. The lowest BCUT2D eigenvalue weighted by Crippen LogP contribution is -2.36. The molecule has 1 fully saturated rings. The predicted octanol–water partition coefficient (Wildman–Crippen LogP) is 0.235. The van der Waals surface area contributed by atoms with Crippen molar-refractivity contribution in [2.45, 2.75) is 6.42 Å². The molecule has 0 bridgehead atoms. The predicted molar refractivity (Wildman–Crippen MR) is 85.3 cm³/mol. The third kappa shape index (κ3) is 3.77. The van der Waals surface area contributed by atoms with Gasteiger partial charge in [0.15, 0.2) is 0 Å². The largest absolute Gasteiger partial charge is 0.379 e. The molecule has 1 saturated heterocycles. The number of hydrogen-bond donors (Lipinski definition) is 2. The molecule has 126 valence electrons. The Labute approximate surface area is 139 Å². The Morgan fingerprint density at radius 2 is 2.25 bits per heavy atom. The van der Waals surface area contributed by atoms with Crippen LogP contribution in [0.25, 0.3) is 0 Å². The third-order valence-electron chi connectivity index (χ3n) is 3.91. The Kier molecular flexibility index (Phi) is 4.85. The van der Waals surface area contributed by atoms with Crippen molar-refractivity contribution in [2.24, 2.45) is 11.7 Å². The smallest absolute Gasteiger partial charge is 0.271 e. The van der Waals surface area contributed by atoms with Crippen molar-refractivity contribution in [3.63, 3.8) is 0 Å².